The fourth-order valence-electron chi connectivity index (χ4n) is 3.23. The lowest BCUT2D eigenvalue weighted by atomic mass is 10.1. The molecule has 1 unspecified atom stereocenters. The summed E-state index contributed by atoms with van der Waals surface area (Å²) in [4.78, 5) is 7.01. The summed E-state index contributed by atoms with van der Waals surface area (Å²) < 4.78 is 0. The van der Waals surface area contributed by atoms with Crippen molar-refractivity contribution in [3.63, 3.8) is 0 Å². The Balaban J connectivity index is 1.52. The number of aromatic nitrogens is 1. The third-order valence-corrected chi connectivity index (χ3v) is 4.32. The van der Waals surface area contributed by atoms with E-state index in [0.29, 0.717) is 5.92 Å². The number of nitrogens with one attached hydrogen (secondary N) is 1. The van der Waals surface area contributed by atoms with Gasteiger partial charge in [0, 0.05) is 24.7 Å². The Morgan fingerprint density at radius 1 is 1.19 bits per heavy atom. The molecule has 1 aliphatic heterocycles. The average Bonchev–Trinajstić information content (AvgIpc) is 3.00. The Hall–Kier alpha value is -1.45. The van der Waals surface area contributed by atoms with E-state index in [2.05, 4.69) is 46.4 Å². The second-order valence-corrected chi connectivity index (χ2v) is 6.23. The predicted molar refractivity (Wildman–Crippen MR) is 88.3 cm³/mol. The van der Waals surface area contributed by atoms with Crippen LogP contribution in [0.25, 0.3) is 10.9 Å². The van der Waals surface area contributed by atoms with E-state index >= 15 is 0 Å². The Bertz CT molecular complexity index is 570. The van der Waals surface area contributed by atoms with Crippen LogP contribution in [-0.2, 0) is 6.54 Å². The SMILES string of the molecule is CC(CNCc1ccnc2ccccc12)CN1CCCC1. The minimum Gasteiger partial charge on any atom is -0.312 e. The number of likely N-dealkylation sites (tertiary alicyclic amines) is 1. The molecule has 0 bridgehead atoms. The first-order chi connectivity index (χ1) is 10.3. The van der Waals surface area contributed by atoms with Gasteiger partial charge in [-0.25, -0.2) is 0 Å². The van der Waals surface area contributed by atoms with Crippen LogP contribution >= 0.6 is 0 Å². The minimum absolute atomic E-state index is 0.705. The van der Waals surface area contributed by atoms with E-state index in [1.54, 1.807) is 0 Å². The van der Waals surface area contributed by atoms with Gasteiger partial charge in [0.2, 0.25) is 0 Å². The highest BCUT2D eigenvalue weighted by Crippen LogP contribution is 2.16. The van der Waals surface area contributed by atoms with Crippen molar-refractivity contribution < 1.29 is 0 Å². The molecule has 1 saturated heterocycles. The molecular weight excluding hydrogens is 258 g/mol. The van der Waals surface area contributed by atoms with Crippen LogP contribution in [-0.4, -0.2) is 36.1 Å². The molecule has 0 spiro atoms. The maximum absolute atomic E-state index is 4.42. The number of hydrogen-bond donors (Lipinski definition) is 1. The van der Waals surface area contributed by atoms with Gasteiger partial charge >= 0.3 is 0 Å². The molecule has 1 aliphatic rings. The first kappa shape index (κ1) is 14.5. The number of para-hydroxylation sites is 1. The van der Waals surface area contributed by atoms with Crippen molar-refractivity contribution >= 4 is 10.9 Å². The summed E-state index contributed by atoms with van der Waals surface area (Å²) in [5, 5.41) is 4.88. The Morgan fingerprint density at radius 3 is 2.86 bits per heavy atom. The topological polar surface area (TPSA) is 28.2 Å². The van der Waals surface area contributed by atoms with Crippen LogP contribution in [0.3, 0.4) is 0 Å². The number of nitrogens with zero attached hydrogens (tertiary/aromatic N) is 2. The van der Waals surface area contributed by atoms with Gasteiger partial charge in [-0.1, -0.05) is 25.1 Å². The molecule has 2 heterocycles. The smallest absolute Gasteiger partial charge is 0.0705 e. The van der Waals surface area contributed by atoms with E-state index in [-0.39, 0.29) is 0 Å². The van der Waals surface area contributed by atoms with Crippen LogP contribution in [0.15, 0.2) is 36.5 Å². The molecule has 0 amide bonds. The lowest BCUT2D eigenvalue weighted by molar-refractivity contribution is 0.282. The van der Waals surface area contributed by atoms with E-state index in [0.717, 1.165) is 18.6 Å². The lowest BCUT2D eigenvalue weighted by Gasteiger charge is -2.20. The van der Waals surface area contributed by atoms with Crippen molar-refractivity contribution in [3.05, 3.63) is 42.1 Å². The molecule has 21 heavy (non-hydrogen) atoms. The van der Waals surface area contributed by atoms with Crippen LogP contribution in [0.4, 0.5) is 0 Å². The molecule has 1 aromatic carbocycles. The number of rotatable bonds is 6. The molecular formula is C18H25N3. The third-order valence-electron chi connectivity index (χ3n) is 4.32. The van der Waals surface area contributed by atoms with Crippen LogP contribution in [0.2, 0.25) is 0 Å². The largest absolute Gasteiger partial charge is 0.312 e. The van der Waals surface area contributed by atoms with Gasteiger partial charge in [0.25, 0.3) is 0 Å². The van der Waals surface area contributed by atoms with Crippen molar-refractivity contribution in [1.82, 2.24) is 15.2 Å². The van der Waals surface area contributed by atoms with Gasteiger partial charge in [-0.3, -0.25) is 4.98 Å². The Morgan fingerprint density at radius 2 is 2.00 bits per heavy atom. The van der Waals surface area contributed by atoms with Crippen molar-refractivity contribution in [2.24, 2.45) is 5.92 Å². The maximum Gasteiger partial charge on any atom is 0.0705 e. The Kier molecular flexibility index (Phi) is 4.84. The van der Waals surface area contributed by atoms with Crippen molar-refractivity contribution in [2.45, 2.75) is 26.3 Å². The molecule has 0 aliphatic carbocycles. The van der Waals surface area contributed by atoms with Crippen LogP contribution < -0.4 is 5.32 Å². The molecule has 1 aromatic heterocycles. The predicted octanol–water partition coefficient (Wildman–Crippen LogP) is 3.06. The van der Waals surface area contributed by atoms with E-state index in [1.165, 1.54) is 43.4 Å². The summed E-state index contributed by atoms with van der Waals surface area (Å²) >= 11 is 0. The number of pyridine rings is 1. The fourth-order valence-corrected chi connectivity index (χ4v) is 3.23. The van der Waals surface area contributed by atoms with Gasteiger partial charge in [0.15, 0.2) is 0 Å². The van der Waals surface area contributed by atoms with E-state index < -0.39 is 0 Å². The minimum atomic E-state index is 0.705. The molecule has 112 valence electrons. The van der Waals surface area contributed by atoms with Crippen molar-refractivity contribution in [2.75, 3.05) is 26.2 Å². The number of benzene rings is 1. The monoisotopic (exact) mass is 283 g/mol. The highest BCUT2D eigenvalue weighted by Gasteiger charge is 2.14. The van der Waals surface area contributed by atoms with Gasteiger partial charge in [-0.2, -0.15) is 0 Å². The zero-order chi connectivity index (χ0) is 14.5. The van der Waals surface area contributed by atoms with Gasteiger partial charge in [0.05, 0.1) is 5.52 Å². The molecule has 0 radical (unpaired) electrons. The summed E-state index contributed by atoms with van der Waals surface area (Å²) in [5.41, 5.74) is 2.43. The van der Waals surface area contributed by atoms with E-state index in [9.17, 15) is 0 Å². The molecule has 1 fully saturated rings. The maximum atomic E-state index is 4.42. The van der Waals surface area contributed by atoms with Crippen molar-refractivity contribution in [1.29, 1.82) is 0 Å². The normalized spacial score (nSPS) is 17.4. The third kappa shape index (κ3) is 3.80. The second kappa shape index (κ2) is 7.01. The van der Waals surface area contributed by atoms with Crippen LogP contribution in [0.5, 0.6) is 0 Å². The highest BCUT2D eigenvalue weighted by atomic mass is 15.1. The molecule has 1 N–H and O–H groups in total. The van der Waals surface area contributed by atoms with Gasteiger partial charge < -0.3 is 10.2 Å². The molecule has 0 saturated carbocycles. The number of fused-ring (bicyclic) bond motifs is 1. The van der Waals surface area contributed by atoms with E-state index in [1.807, 2.05) is 12.3 Å². The molecule has 1 atom stereocenters. The van der Waals surface area contributed by atoms with E-state index in [4.69, 9.17) is 0 Å². The summed E-state index contributed by atoms with van der Waals surface area (Å²) in [6, 6.07) is 10.5. The van der Waals surface area contributed by atoms with Crippen LogP contribution in [0.1, 0.15) is 25.3 Å². The summed E-state index contributed by atoms with van der Waals surface area (Å²) in [7, 11) is 0. The quantitative estimate of drug-likeness (QED) is 0.883. The highest BCUT2D eigenvalue weighted by molar-refractivity contribution is 5.81. The van der Waals surface area contributed by atoms with Gasteiger partial charge in [0.1, 0.15) is 0 Å². The van der Waals surface area contributed by atoms with Gasteiger partial charge in [-0.05, 0) is 56.1 Å². The van der Waals surface area contributed by atoms with Crippen molar-refractivity contribution in [3.8, 4) is 0 Å². The molecule has 3 rings (SSSR count). The number of hydrogen-bond acceptors (Lipinski definition) is 3. The zero-order valence-electron chi connectivity index (χ0n) is 12.9. The average molecular weight is 283 g/mol. The first-order valence-corrected chi connectivity index (χ1v) is 8.08. The molecule has 3 nitrogen and oxygen atoms in total. The van der Waals surface area contributed by atoms with Gasteiger partial charge in [-0.15, -0.1) is 0 Å². The first-order valence-electron chi connectivity index (χ1n) is 8.08. The standard InChI is InChI=1S/C18H25N3/c1-15(14-21-10-4-5-11-21)12-19-13-16-8-9-20-18-7-3-2-6-17(16)18/h2-3,6-9,15,19H,4-5,10-14H2,1H3. The second-order valence-electron chi connectivity index (χ2n) is 6.23. The molecule has 3 heteroatoms. The zero-order valence-corrected chi connectivity index (χ0v) is 12.9. The fraction of sp³-hybridized carbons (Fsp3) is 0.500. The van der Waals surface area contributed by atoms with Crippen LogP contribution in [0, 0.1) is 5.92 Å². The summed E-state index contributed by atoms with van der Waals surface area (Å²) in [6.45, 7) is 8.15. The molecule has 2 aromatic rings. The lowest BCUT2D eigenvalue weighted by Crippen LogP contribution is -2.31. The Labute approximate surface area is 127 Å². The summed E-state index contributed by atoms with van der Waals surface area (Å²) in [6.07, 6.45) is 4.67. The summed E-state index contributed by atoms with van der Waals surface area (Å²) in [5.74, 6) is 0.705.